The Morgan fingerprint density at radius 3 is 2.38 bits per heavy atom. The maximum Gasteiger partial charge on any atom is 0.254 e. The summed E-state index contributed by atoms with van der Waals surface area (Å²) < 4.78 is 23.9. The summed E-state index contributed by atoms with van der Waals surface area (Å²) in [5, 5.41) is 13.3. The third kappa shape index (κ3) is 3.17. The molecule has 1 aliphatic heterocycles. The molecule has 2 heterocycles. The first kappa shape index (κ1) is 25.0. The van der Waals surface area contributed by atoms with E-state index in [9.17, 15) is 9.90 Å². The van der Waals surface area contributed by atoms with Crippen LogP contribution in [-0.2, 0) is 11.2 Å². The molecular formula is C32H32N2O6. The van der Waals surface area contributed by atoms with Crippen molar-refractivity contribution in [3.8, 4) is 23.0 Å². The minimum Gasteiger partial charge on any atom is -0.497 e. The Morgan fingerprint density at radius 1 is 1.00 bits per heavy atom. The van der Waals surface area contributed by atoms with E-state index in [1.165, 1.54) is 0 Å². The molecule has 2 aromatic carbocycles. The number of nitrogens with one attached hydrogen (secondary N) is 1. The van der Waals surface area contributed by atoms with Crippen molar-refractivity contribution < 1.29 is 24.1 Å². The van der Waals surface area contributed by atoms with E-state index in [1.807, 2.05) is 36.4 Å². The zero-order valence-corrected chi connectivity index (χ0v) is 22.9. The second-order valence-corrected chi connectivity index (χ2v) is 11.2. The molecule has 2 unspecified atom stereocenters. The molecule has 0 radical (unpaired) electrons. The van der Waals surface area contributed by atoms with Crippen LogP contribution in [0.4, 0.5) is 0 Å². The number of hydrogen-bond acceptors (Lipinski definition) is 7. The van der Waals surface area contributed by atoms with E-state index in [-0.39, 0.29) is 23.3 Å². The van der Waals surface area contributed by atoms with Crippen LogP contribution in [0.5, 0.6) is 23.0 Å². The molecule has 0 bridgehead atoms. The molecule has 40 heavy (non-hydrogen) atoms. The molecule has 7 rings (SSSR count). The summed E-state index contributed by atoms with van der Waals surface area (Å²) >= 11 is 0. The van der Waals surface area contributed by atoms with E-state index >= 15 is 0 Å². The Kier molecular flexibility index (Phi) is 5.45. The van der Waals surface area contributed by atoms with E-state index in [2.05, 4.69) is 24.1 Å². The zero-order chi connectivity index (χ0) is 27.8. The van der Waals surface area contributed by atoms with Crippen LogP contribution in [0.15, 0.2) is 65.5 Å². The Balaban J connectivity index is 1.61. The fourth-order valence-corrected chi connectivity index (χ4v) is 7.01. The Labute approximate surface area is 232 Å². The van der Waals surface area contributed by atoms with Gasteiger partial charge in [-0.25, -0.2) is 4.98 Å². The first-order valence-corrected chi connectivity index (χ1v) is 13.7. The average Bonchev–Trinajstić information content (AvgIpc) is 3.75. The lowest BCUT2D eigenvalue weighted by Crippen LogP contribution is -2.51. The number of aromatic nitrogens is 2. The van der Waals surface area contributed by atoms with Crippen molar-refractivity contribution in [2.45, 2.75) is 42.8 Å². The van der Waals surface area contributed by atoms with Crippen LogP contribution in [-0.4, -0.2) is 36.4 Å². The topological polar surface area (TPSA) is 103 Å². The number of methoxy groups -OCH3 is 3. The number of fused-ring (bicyclic) bond motifs is 5. The number of aromatic amines is 1. The Hall–Kier alpha value is -4.04. The van der Waals surface area contributed by atoms with Gasteiger partial charge < -0.3 is 29.0 Å². The van der Waals surface area contributed by atoms with E-state index in [0.717, 1.165) is 12.8 Å². The van der Waals surface area contributed by atoms with Gasteiger partial charge in [-0.15, -0.1) is 0 Å². The van der Waals surface area contributed by atoms with Crippen molar-refractivity contribution in [3.05, 3.63) is 99.3 Å². The molecule has 3 aliphatic carbocycles. The number of ether oxygens (including phenoxy) is 4. The second kappa shape index (κ2) is 8.73. The van der Waals surface area contributed by atoms with Crippen LogP contribution in [0.3, 0.4) is 0 Å². The third-order valence-electron chi connectivity index (χ3n) is 9.06. The SMILES string of the molecule is COc1ccc([C@@]23Oc4cc(OC)cc(OC)c4[C@]2(O)c2nc(C4CC4)[nH]c(=O)c2[C@H]3C2C=CC=CC2C)cc1. The summed E-state index contributed by atoms with van der Waals surface area (Å²) in [4.78, 5) is 22.2. The molecular weight excluding hydrogens is 508 g/mol. The molecule has 5 atom stereocenters. The summed E-state index contributed by atoms with van der Waals surface area (Å²) in [6.07, 6.45) is 10.1. The van der Waals surface area contributed by atoms with Crippen molar-refractivity contribution in [3.63, 3.8) is 0 Å². The minimum atomic E-state index is -1.83. The van der Waals surface area contributed by atoms with Gasteiger partial charge >= 0.3 is 0 Å². The lowest BCUT2D eigenvalue weighted by molar-refractivity contribution is -0.106. The van der Waals surface area contributed by atoms with Gasteiger partial charge in [0, 0.05) is 29.5 Å². The van der Waals surface area contributed by atoms with Crippen LogP contribution >= 0.6 is 0 Å². The van der Waals surface area contributed by atoms with Gasteiger partial charge in [0.1, 0.15) is 28.8 Å². The number of rotatable bonds is 6. The van der Waals surface area contributed by atoms with Gasteiger partial charge in [-0.2, -0.15) is 0 Å². The van der Waals surface area contributed by atoms with Gasteiger partial charge in [0.05, 0.1) is 38.2 Å². The molecule has 0 saturated heterocycles. The predicted octanol–water partition coefficient (Wildman–Crippen LogP) is 4.67. The molecule has 3 aromatic rings. The molecule has 8 heteroatoms. The van der Waals surface area contributed by atoms with Crippen LogP contribution in [0, 0.1) is 11.8 Å². The molecule has 0 spiro atoms. The predicted molar refractivity (Wildman–Crippen MR) is 148 cm³/mol. The molecule has 4 aliphatic rings. The highest BCUT2D eigenvalue weighted by Gasteiger charge is 2.74. The molecule has 1 saturated carbocycles. The highest BCUT2D eigenvalue weighted by molar-refractivity contribution is 5.67. The van der Waals surface area contributed by atoms with Gasteiger partial charge in [0.2, 0.25) is 0 Å². The van der Waals surface area contributed by atoms with E-state index in [1.54, 1.807) is 33.5 Å². The maximum absolute atomic E-state index is 14.1. The van der Waals surface area contributed by atoms with E-state index < -0.39 is 17.1 Å². The van der Waals surface area contributed by atoms with Crippen molar-refractivity contribution in [1.82, 2.24) is 9.97 Å². The highest BCUT2D eigenvalue weighted by Crippen LogP contribution is 2.70. The molecule has 8 nitrogen and oxygen atoms in total. The maximum atomic E-state index is 14.1. The standard InChI is InChI=1S/C32H32N2O6/c1-17-7-5-6-8-22(17)26-25-28(33-29(18-9-10-18)34-30(25)35)31(36)27-23(39-4)15-21(38-3)16-24(27)40-32(26,31)19-11-13-20(37-2)14-12-19/h5-8,11-18,22,26,36H,9-10H2,1-4H3,(H,33,34,35)/t17?,22?,26-,31+,32+/m1/s1. The van der Waals surface area contributed by atoms with Gasteiger partial charge in [-0.05, 0) is 36.8 Å². The van der Waals surface area contributed by atoms with Gasteiger partial charge in [0.15, 0.2) is 11.2 Å². The summed E-state index contributed by atoms with van der Waals surface area (Å²) in [5.74, 6) is 2.14. The monoisotopic (exact) mass is 540 g/mol. The summed E-state index contributed by atoms with van der Waals surface area (Å²) in [7, 11) is 4.74. The highest BCUT2D eigenvalue weighted by atomic mass is 16.5. The number of benzene rings is 2. The van der Waals surface area contributed by atoms with Crippen molar-refractivity contribution in [2.24, 2.45) is 11.8 Å². The summed E-state index contributed by atoms with van der Waals surface area (Å²) in [6.45, 7) is 2.12. The molecule has 206 valence electrons. The first-order chi connectivity index (χ1) is 19.4. The van der Waals surface area contributed by atoms with Crippen molar-refractivity contribution >= 4 is 0 Å². The number of H-pyrrole nitrogens is 1. The van der Waals surface area contributed by atoms with Crippen LogP contribution in [0.1, 0.15) is 59.8 Å². The van der Waals surface area contributed by atoms with Crippen LogP contribution in [0.2, 0.25) is 0 Å². The van der Waals surface area contributed by atoms with Crippen LogP contribution < -0.4 is 24.5 Å². The van der Waals surface area contributed by atoms with Crippen molar-refractivity contribution in [2.75, 3.05) is 21.3 Å². The molecule has 1 aromatic heterocycles. The number of aliphatic hydroxyl groups is 1. The fraction of sp³-hybridized carbons (Fsp3) is 0.375. The lowest BCUT2D eigenvalue weighted by atomic mass is 9.65. The van der Waals surface area contributed by atoms with Gasteiger partial charge in [-0.3, -0.25) is 4.79 Å². The van der Waals surface area contributed by atoms with Crippen molar-refractivity contribution in [1.29, 1.82) is 0 Å². The zero-order valence-electron chi connectivity index (χ0n) is 22.9. The number of allylic oxidation sites excluding steroid dienone is 4. The van der Waals surface area contributed by atoms with E-state index in [4.69, 9.17) is 23.9 Å². The molecule has 1 fully saturated rings. The Morgan fingerprint density at radius 2 is 1.73 bits per heavy atom. The lowest BCUT2D eigenvalue weighted by Gasteiger charge is -2.43. The number of hydrogen-bond donors (Lipinski definition) is 2. The normalized spacial score (nSPS) is 29.4. The van der Waals surface area contributed by atoms with E-state index in [0.29, 0.717) is 51.2 Å². The first-order valence-electron chi connectivity index (χ1n) is 13.7. The van der Waals surface area contributed by atoms with Gasteiger partial charge in [0.25, 0.3) is 5.56 Å². The van der Waals surface area contributed by atoms with Gasteiger partial charge in [-0.1, -0.05) is 43.4 Å². The minimum absolute atomic E-state index is 0.0616. The average molecular weight is 541 g/mol. The second-order valence-electron chi connectivity index (χ2n) is 11.2. The summed E-state index contributed by atoms with van der Waals surface area (Å²) in [6, 6.07) is 11.0. The Bertz CT molecular complexity index is 1620. The smallest absolute Gasteiger partial charge is 0.254 e. The number of nitrogens with zero attached hydrogens (tertiary/aromatic N) is 1. The van der Waals surface area contributed by atoms with Crippen LogP contribution in [0.25, 0.3) is 0 Å². The fourth-order valence-electron chi connectivity index (χ4n) is 7.01. The molecule has 0 amide bonds. The largest absolute Gasteiger partial charge is 0.497 e. The molecule has 2 N–H and O–H groups in total. The third-order valence-corrected chi connectivity index (χ3v) is 9.06. The summed E-state index contributed by atoms with van der Waals surface area (Å²) in [5.41, 5.74) is -1.57. The quantitative estimate of drug-likeness (QED) is 0.468.